The van der Waals surface area contributed by atoms with Crippen LogP contribution in [0.25, 0.3) is 10.9 Å². The van der Waals surface area contributed by atoms with E-state index in [0.29, 0.717) is 52.9 Å². The highest BCUT2D eigenvalue weighted by atomic mass is 35.5. The number of nitro benzene ring substituents is 1. The molecule has 11 nitrogen and oxygen atoms in total. The van der Waals surface area contributed by atoms with Gasteiger partial charge in [0.1, 0.15) is 41.4 Å². The van der Waals surface area contributed by atoms with Crippen LogP contribution in [0.15, 0.2) is 60.9 Å². The van der Waals surface area contributed by atoms with Gasteiger partial charge in [0.05, 0.1) is 22.6 Å². The summed E-state index contributed by atoms with van der Waals surface area (Å²) in [5.74, 6) is 8.44. The first-order valence-corrected chi connectivity index (χ1v) is 15.1. The zero-order chi connectivity index (χ0) is 32.6. The molecule has 2 heterocycles. The molecule has 0 radical (unpaired) electrons. The van der Waals surface area contributed by atoms with Gasteiger partial charge in [0, 0.05) is 36.1 Å². The molecular formula is C34H32ClN5O6. The Kier molecular flexibility index (Phi) is 8.32. The first-order valence-electron chi connectivity index (χ1n) is 14.7. The molecule has 2 unspecified atom stereocenters. The molecule has 1 aliphatic carbocycles. The Labute approximate surface area is 271 Å². The molecule has 1 amide bonds. The van der Waals surface area contributed by atoms with Gasteiger partial charge in [0.2, 0.25) is 0 Å². The number of hydrogen-bond donors (Lipinski definition) is 1. The van der Waals surface area contributed by atoms with Crippen molar-refractivity contribution in [3.63, 3.8) is 0 Å². The molecule has 1 saturated heterocycles. The molecule has 12 heteroatoms. The van der Waals surface area contributed by atoms with Gasteiger partial charge in [0.25, 0.3) is 5.69 Å². The van der Waals surface area contributed by atoms with Crippen LogP contribution in [0.1, 0.15) is 31.9 Å². The van der Waals surface area contributed by atoms with E-state index >= 15 is 0 Å². The second-order valence-corrected chi connectivity index (χ2v) is 12.7. The number of carbonyl (C=O) groups excluding carboxylic acids is 1. The van der Waals surface area contributed by atoms with Crippen molar-refractivity contribution in [2.75, 3.05) is 25.5 Å². The third-order valence-electron chi connectivity index (χ3n) is 7.92. The fourth-order valence-electron chi connectivity index (χ4n) is 5.53. The van der Waals surface area contributed by atoms with E-state index in [2.05, 4.69) is 27.1 Å². The second kappa shape index (κ2) is 12.4. The van der Waals surface area contributed by atoms with Crippen LogP contribution in [-0.4, -0.2) is 51.7 Å². The van der Waals surface area contributed by atoms with Gasteiger partial charge in [0.15, 0.2) is 0 Å². The predicted molar refractivity (Wildman–Crippen MR) is 173 cm³/mol. The zero-order valence-electron chi connectivity index (χ0n) is 25.7. The SMILES string of the molecule is COc1ccc(COc2ccc(Nc3ncnc4cc(C#CC5C6CN(C(=O)OC(C)(C)C)CC56)c([N+](=O)[O-])cc34)cc2Cl)cc1. The summed E-state index contributed by atoms with van der Waals surface area (Å²) >= 11 is 6.52. The van der Waals surface area contributed by atoms with Gasteiger partial charge in [-0.25, -0.2) is 14.8 Å². The largest absolute Gasteiger partial charge is 0.497 e. The average Bonchev–Trinajstić information content (AvgIpc) is 3.45. The standard InChI is InChI=1S/C34H32ClN5O6/c1-34(2,3)46-33(41)39-16-26-24(27(26)17-39)11-7-21-13-29-25(15-30(21)40(42)43)32(37-19-36-29)38-22-8-12-31(28(35)14-22)45-18-20-5-9-23(44-4)10-6-20/h5-6,8-10,12-15,19,24,26-27H,16-18H2,1-4H3,(H,36,37,38). The first kappa shape index (κ1) is 30.9. The minimum Gasteiger partial charge on any atom is -0.497 e. The van der Waals surface area contributed by atoms with Gasteiger partial charge in [-0.05, 0) is 74.6 Å². The number of hydrogen-bond acceptors (Lipinski definition) is 9. The van der Waals surface area contributed by atoms with Crippen molar-refractivity contribution >= 4 is 45.8 Å². The molecule has 1 aliphatic heterocycles. The number of piperidine rings is 1. The normalized spacial score (nSPS) is 18.3. The van der Waals surface area contributed by atoms with Gasteiger partial charge < -0.3 is 24.4 Å². The first-order chi connectivity index (χ1) is 22.0. The molecule has 6 rings (SSSR count). The number of anilines is 2. The molecule has 236 valence electrons. The summed E-state index contributed by atoms with van der Waals surface area (Å²) in [6.07, 6.45) is 1.06. The van der Waals surface area contributed by atoms with Crippen LogP contribution in [0.3, 0.4) is 0 Å². The summed E-state index contributed by atoms with van der Waals surface area (Å²) in [6, 6.07) is 15.8. The molecule has 46 heavy (non-hydrogen) atoms. The van der Waals surface area contributed by atoms with E-state index in [1.807, 2.05) is 45.0 Å². The molecule has 1 N–H and O–H groups in total. The molecule has 2 fully saturated rings. The Bertz CT molecular complexity index is 1870. The number of nitro groups is 1. The number of benzene rings is 3. The van der Waals surface area contributed by atoms with Crippen LogP contribution >= 0.6 is 11.6 Å². The maximum Gasteiger partial charge on any atom is 0.410 e. The van der Waals surface area contributed by atoms with Gasteiger partial charge >= 0.3 is 6.09 Å². The van der Waals surface area contributed by atoms with Crippen molar-refractivity contribution in [2.24, 2.45) is 17.8 Å². The highest BCUT2D eigenvalue weighted by Gasteiger charge is 2.56. The minimum atomic E-state index is -0.553. The molecule has 0 spiro atoms. The maximum atomic E-state index is 12.4. The summed E-state index contributed by atoms with van der Waals surface area (Å²) in [4.78, 5) is 34.4. The zero-order valence-corrected chi connectivity index (χ0v) is 26.5. The Balaban J connectivity index is 1.15. The van der Waals surface area contributed by atoms with Crippen LogP contribution in [0, 0.1) is 39.7 Å². The molecule has 2 atom stereocenters. The van der Waals surface area contributed by atoms with Crippen LogP contribution in [-0.2, 0) is 11.3 Å². The minimum absolute atomic E-state index is 0.0736. The number of halogens is 1. The van der Waals surface area contributed by atoms with E-state index in [0.717, 1.165) is 11.3 Å². The molecule has 0 bridgehead atoms. The van der Waals surface area contributed by atoms with Crippen LogP contribution in [0.4, 0.5) is 22.0 Å². The van der Waals surface area contributed by atoms with E-state index in [1.165, 1.54) is 12.4 Å². The summed E-state index contributed by atoms with van der Waals surface area (Å²) in [5.41, 5.74) is 1.67. The number of ether oxygens (including phenoxy) is 3. The molecule has 3 aromatic carbocycles. The fourth-order valence-corrected chi connectivity index (χ4v) is 5.77. The summed E-state index contributed by atoms with van der Waals surface area (Å²) in [7, 11) is 1.61. The van der Waals surface area contributed by atoms with Gasteiger partial charge in [-0.2, -0.15) is 0 Å². The van der Waals surface area contributed by atoms with Crippen molar-refractivity contribution in [2.45, 2.75) is 33.0 Å². The number of likely N-dealkylation sites (tertiary alicyclic amines) is 1. The predicted octanol–water partition coefficient (Wildman–Crippen LogP) is 6.99. The van der Waals surface area contributed by atoms with Gasteiger partial charge in [-0.3, -0.25) is 10.1 Å². The lowest BCUT2D eigenvalue weighted by atomic mass is 10.1. The quantitative estimate of drug-likeness (QED) is 0.129. The van der Waals surface area contributed by atoms with E-state index < -0.39 is 10.5 Å². The van der Waals surface area contributed by atoms with E-state index in [-0.39, 0.29) is 35.1 Å². The Hall–Kier alpha value is -5.08. The number of methoxy groups -OCH3 is 1. The number of fused-ring (bicyclic) bond motifs is 2. The maximum absolute atomic E-state index is 12.4. The third kappa shape index (κ3) is 6.77. The number of aromatic nitrogens is 2. The smallest absolute Gasteiger partial charge is 0.410 e. The van der Waals surface area contributed by atoms with E-state index in [1.54, 1.807) is 36.3 Å². The summed E-state index contributed by atoms with van der Waals surface area (Å²) in [5, 5.41) is 16.1. The highest BCUT2D eigenvalue weighted by molar-refractivity contribution is 6.32. The van der Waals surface area contributed by atoms with Crippen LogP contribution < -0.4 is 14.8 Å². The van der Waals surface area contributed by atoms with Crippen molar-refractivity contribution < 1.29 is 23.9 Å². The topological polar surface area (TPSA) is 129 Å². The molecular weight excluding hydrogens is 610 g/mol. The Morgan fingerprint density at radius 2 is 1.85 bits per heavy atom. The number of nitrogens with one attached hydrogen (secondary N) is 1. The number of carbonyl (C=O) groups is 1. The third-order valence-corrected chi connectivity index (χ3v) is 8.21. The van der Waals surface area contributed by atoms with Crippen molar-refractivity contribution in [3.8, 4) is 23.3 Å². The fraction of sp³-hybridized carbons (Fsp3) is 0.324. The highest BCUT2D eigenvalue weighted by Crippen LogP contribution is 2.51. The van der Waals surface area contributed by atoms with Crippen LogP contribution in [0.2, 0.25) is 5.02 Å². The van der Waals surface area contributed by atoms with Crippen molar-refractivity contribution in [3.05, 3.63) is 87.2 Å². The lowest BCUT2D eigenvalue weighted by Crippen LogP contribution is -2.37. The monoisotopic (exact) mass is 641 g/mol. The van der Waals surface area contributed by atoms with Crippen molar-refractivity contribution in [1.29, 1.82) is 0 Å². The lowest BCUT2D eigenvalue weighted by molar-refractivity contribution is -0.385. The van der Waals surface area contributed by atoms with Crippen molar-refractivity contribution in [1.82, 2.24) is 14.9 Å². The second-order valence-electron chi connectivity index (χ2n) is 12.3. The Morgan fingerprint density at radius 1 is 1.11 bits per heavy atom. The molecule has 1 aromatic heterocycles. The number of nitrogens with zero attached hydrogens (tertiary/aromatic N) is 4. The molecule has 4 aromatic rings. The number of rotatable bonds is 7. The summed E-state index contributed by atoms with van der Waals surface area (Å²) < 4.78 is 16.5. The summed E-state index contributed by atoms with van der Waals surface area (Å²) in [6.45, 7) is 6.98. The molecule has 1 saturated carbocycles. The van der Waals surface area contributed by atoms with Gasteiger partial charge in [-0.1, -0.05) is 35.6 Å². The van der Waals surface area contributed by atoms with E-state index in [9.17, 15) is 14.9 Å². The van der Waals surface area contributed by atoms with Crippen LogP contribution in [0.5, 0.6) is 11.5 Å². The van der Waals surface area contributed by atoms with E-state index in [4.69, 9.17) is 25.8 Å². The average molecular weight is 642 g/mol. The molecule has 2 aliphatic rings. The number of amides is 1. The van der Waals surface area contributed by atoms with Gasteiger partial charge in [-0.15, -0.1) is 0 Å². The lowest BCUT2D eigenvalue weighted by Gasteiger charge is -2.25. The Morgan fingerprint density at radius 3 is 2.50 bits per heavy atom.